The predicted molar refractivity (Wildman–Crippen MR) is 49.1 cm³/mol. The first kappa shape index (κ1) is 8.12. The monoisotopic (exact) mass is 157 g/mol. The summed E-state index contributed by atoms with van der Waals surface area (Å²) in [6, 6.07) is 0. The molecule has 0 saturated carbocycles. The zero-order valence-corrected chi connectivity index (χ0v) is 7.96. The Bertz CT molecular complexity index is 141. The van der Waals surface area contributed by atoms with Crippen molar-refractivity contribution in [2.45, 2.75) is 38.0 Å². The van der Waals surface area contributed by atoms with Gasteiger partial charge in [-0.15, -0.1) is 11.8 Å². The highest BCUT2D eigenvalue weighted by atomic mass is 32.2. The number of thioether (sulfide) groups is 1. The van der Waals surface area contributed by atoms with Gasteiger partial charge in [0.15, 0.2) is 0 Å². The first-order valence-corrected chi connectivity index (χ1v) is 4.60. The smallest absolute Gasteiger partial charge is 0.0639 e. The van der Waals surface area contributed by atoms with E-state index < -0.39 is 0 Å². The summed E-state index contributed by atoms with van der Waals surface area (Å²) in [5.41, 5.74) is 0.167. The summed E-state index contributed by atoms with van der Waals surface area (Å²) in [5, 5.41) is 0. The molecular weight excluding hydrogens is 142 g/mol. The quantitative estimate of drug-likeness (QED) is 0.526. The Balaban J connectivity index is 2.70. The summed E-state index contributed by atoms with van der Waals surface area (Å²) in [6.45, 7) is 8.75. The lowest BCUT2D eigenvalue weighted by atomic mass is 10.1. The number of rotatable bonds is 0. The van der Waals surface area contributed by atoms with Crippen molar-refractivity contribution in [3.63, 3.8) is 0 Å². The second-order valence-corrected chi connectivity index (χ2v) is 5.59. The van der Waals surface area contributed by atoms with Crippen LogP contribution in [-0.4, -0.2) is 22.3 Å². The van der Waals surface area contributed by atoms with Crippen LogP contribution < -0.4 is 0 Å². The molecule has 1 nitrogen and oxygen atoms in total. The van der Waals surface area contributed by atoms with E-state index in [2.05, 4.69) is 38.9 Å². The number of hydrogen-bond acceptors (Lipinski definition) is 2. The molecule has 1 rings (SSSR count). The van der Waals surface area contributed by atoms with E-state index in [0.29, 0.717) is 0 Å². The average molecular weight is 157 g/mol. The van der Waals surface area contributed by atoms with Gasteiger partial charge >= 0.3 is 0 Å². The Morgan fingerprint density at radius 1 is 1.30 bits per heavy atom. The molecule has 0 saturated heterocycles. The van der Waals surface area contributed by atoms with Gasteiger partial charge in [-0.25, -0.2) is 0 Å². The highest BCUT2D eigenvalue weighted by Crippen LogP contribution is 2.32. The van der Waals surface area contributed by atoms with Crippen molar-refractivity contribution in [1.82, 2.24) is 0 Å². The second-order valence-electron chi connectivity index (χ2n) is 3.96. The van der Waals surface area contributed by atoms with Gasteiger partial charge in [0, 0.05) is 16.7 Å². The average Bonchev–Trinajstić information content (AvgIpc) is 1.79. The molecule has 0 atom stereocenters. The SMILES string of the molecule is CC1(C)CSC(C)(C)C=N1. The maximum absolute atomic E-state index is 4.47. The summed E-state index contributed by atoms with van der Waals surface area (Å²) in [7, 11) is 0. The number of nitrogens with zero attached hydrogens (tertiary/aromatic N) is 1. The highest BCUT2D eigenvalue weighted by Gasteiger charge is 2.27. The number of aliphatic imine (C=N–C) groups is 1. The molecule has 0 aromatic rings. The molecule has 0 aliphatic carbocycles. The topological polar surface area (TPSA) is 12.4 Å². The van der Waals surface area contributed by atoms with E-state index in [1.807, 2.05) is 11.8 Å². The van der Waals surface area contributed by atoms with Crippen molar-refractivity contribution in [3.05, 3.63) is 0 Å². The van der Waals surface area contributed by atoms with Gasteiger partial charge in [-0.05, 0) is 27.7 Å². The molecule has 1 aliphatic heterocycles. The lowest BCUT2D eigenvalue weighted by Gasteiger charge is -2.31. The Kier molecular flexibility index (Phi) is 1.84. The van der Waals surface area contributed by atoms with Crippen molar-refractivity contribution in [1.29, 1.82) is 0 Å². The van der Waals surface area contributed by atoms with E-state index >= 15 is 0 Å². The Morgan fingerprint density at radius 3 is 2.20 bits per heavy atom. The maximum Gasteiger partial charge on any atom is 0.0639 e. The predicted octanol–water partition coefficient (Wildman–Crippen LogP) is 2.36. The Hall–Kier alpha value is 0.0200. The van der Waals surface area contributed by atoms with E-state index in [4.69, 9.17) is 0 Å². The van der Waals surface area contributed by atoms with Crippen molar-refractivity contribution < 1.29 is 0 Å². The van der Waals surface area contributed by atoms with Crippen molar-refractivity contribution >= 4 is 18.0 Å². The minimum atomic E-state index is 0.167. The first-order chi connectivity index (χ1) is 4.41. The summed E-state index contributed by atoms with van der Waals surface area (Å²) in [6.07, 6.45) is 2.07. The molecule has 0 amide bonds. The molecule has 0 aromatic heterocycles. The van der Waals surface area contributed by atoms with Crippen LogP contribution in [-0.2, 0) is 0 Å². The second kappa shape index (κ2) is 2.26. The van der Waals surface area contributed by atoms with Gasteiger partial charge in [0.05, 0.1) is 5.54 Å². The minimum Gasteiger partial charge on any atom is -0.289 e. The summed E-state index contributed by atoms with van der Waals surface area (Å²) in [4.78, 5) is 4.47. The molecule has 10 heavy (non-hydrogen) atoms. The molecule has 0 fully saturated rings. The number of hydrogen-bond donors (Lipinski definition) is 0. The molecule has 2 heteroatoms. The van der Waals surface area contributed by atoms with Crippen LogP contribution in [0.25, 0.3) is 0 Å². The van der Waals surface area contributed by atoms with E-state index in [0.717, 1.165) is 5.75 Å². The van der Waals surface area contributed by atoms with Crippen molar-refractivity contribution in [3.8, 4) is 0 Å². The van der Waals surface area contributed by atoms with Crippen LogP contribution in [0.15, 0.2) is 4.99 Å². The highest BCUT2D eigenvalue weighted by molar-refractivity contribution is 8.01. The van der Waals surface area contributed by atoms with E-state index in [-0.39, 0.29) is 10.3 Å². The molecule has 0 unspecified atom stereocenters. The molecular formula is C8H15NS. The zero-order chi connectivity index (χ0) is 7.83. The fourth-order valence-corrected chi connectivity index (χ4v) is 1.69. The van der Waals surface area contributed by atoms with Crippen molar-refractivity contribution in [2.75, 3.05) is 5.75 Å². The molecule has 0 N–H and O–H groups in total. The fourth-order valence-electron chi connectivity index (χ4n) is 0.767. The first-order valence-electron chi connectivity index (χ1n) is 3.62. The van der Waals surface area contributed by atoms with Crippen molar-refractivity contribution in [2.24, 2.45) is 4.99 Å². The largest absolute Gasteiger partial charge is 0.289 e. The van der Waals surface area contributed by atoms with Gasteiger partial charge in [-0.2, -0.15) is 0 Å². The minimum absolute atomic E-state index is 0.167. The standard InChI is InChI=1S/C8H15NS/c1-7(2)6-10-8(3,4)5-9-7/h5H,6H2,1-4H3. The van der Waals surface area contributed by atoms with Crippen LogP contribution >= 0.6 is 11.8 Å². The van der Waals surface area contributed by atoms with Crippen LogP contribution in [0.2, 0.25) is 0 Å². The molecule has 0 radical (unpaired) electrons. The lowest BCUT2D eigenvalue weighted by Crippen LogP contribution is -2.33. The van der Waals surface area contributed by atoms with E-state index in [9.17, 15) is 0 Å². The fraction of sp³-hybridized carbons (Fsp3) is 0.875. The molecule has 0 bridgehead atoms. The summed E-state index contributed by atoms with van der Waals surface area (Å²) < 4.78 is 0.259. The van der Waals surface area contributed by atoms with Crippen LogP contribution in [0.1, 0.15) is 27.7 Å². The van der Waals surface area contributed by atoms with Crippen LogP contribution in [0, 0.1) is 0 Å². The van der Waals surface area contributed by atoms with E-state index in [1.54, 1.807) is 0 Å². The van der Waals surface area contributed by atoms with Gasteiger partial charge < -0.3 is 0 Å². The van der Waals surface area contributed by atoms with Gasteiger partial charge in [-0.1, -0.05) is 0 Å². The Morgan fingerprint density at radius 2 is 1.90 bits per heavy atom. The van der Waals surface area contributed by atoms with Gasteiger partial charge in [0.1, 0.15) is 0 Å². The van der Waals surface area contributed by atoms with Gasteiger partial charge in [-0.3, -0.25) is 4.99 Å². The van der Waals surface area contributed by atoms with Crippen LogP contribution in [0.4, 0.5) is 0 Å². The third-order valence-corrected chi connectivity index (χ3v) is 3.22. The summed E-state index contributed by atoms with van der Waals surface area (Å²) >= 11 is 1.98. The van der Waals surface area contributed by atoms with Gasteiger partial charge in [0.2, 0.25) is 0 Å². The molecule has 0 spiro atoms. The normalized spacial score (nSPS) is 28.4. The third-order valence-electron chi connectivity index (χ3n) is 1.52. The summed E-state index contributed by atoms with van der Waals surface area (Å²) in [5.74, 6) is 1.14. The van der Waals surface area contributed by atoms with Gasteiger partial charge in [0.25, 0.3) is 0 Å². The molecule has 0 aromatic carbocycles. The van der Waals surface area contributed by atoms with E-state index in [1.165, 1.54) is 0 Å². The third kappa shape index (κ3) is 2.01. The molecule has 1 aliphatic rings. The van der Waals surface area contributed by atoms with Crippen LogP contribution in [0.3, 0.4) is 0 Å². The lowest BCUT2D eigenvalue weighted by molar-refractivity contribution is 0.584. The Labute approximate surface area is 67.3 Å². The maximum atomic E-state index is 4.47. The molecule has 1 heterocycles. The van der Waals surface area contributed by atoms with Crippen LogP contribution in [0.5, 0.6) is 0 Å². The molecule has 58 valence electrons. The zero-order valence-electron chi connectivity index (χ0n) is 7.14.